The highest BCUT2D eigenvalue weighted by Crippen LogP contribution is 2.55. The van der Waals surface area contributed by atoms with Gasteiger partial charge in [-0.2, -0.15) is 0 Å². The van der Waals surface area contributed by atoms with Crippen molar-refractivity contribution in [3.05, 3.63) is 192 Å². The van der Waals surface area contributed by atoms with Gasteiger partial charge in [-0.3, -0.25) is 0 Å². The fourth-order valence-electron chi connectivity index (χ4n) is 9.62. The van der Waals surface area contributed by atoms with Crippen molar-refractivity contribution in [1.29, 1.82) is 0 Å². The fraction of sp³-hybridized carbons (Fsp3) is 0.0980. The molecule has 0 N–H and O–H groups in total. The maximum Gasteiger partial charge on any atom is 0.0541 e. The van der Waals surface area contributed by atoms with Crippen LogP contribution in [0.1, 0.15) is 36.2 Å². The summed E-state index contributed by atoms with van der Waals surface area (Å²) < 4.78 is 4.94. The molecule has 0 saturated carbocycles. The van der Waals surface area contributed by atoms with Crippen LogP contribution < -0.4 is 0 Å². The normalized spacial score (nSPS) is 15.7. The Morgan fingerprint density at radius 1 is 0.472 bits per heavy atom. The van der Waals surface area contributed by atoms with Crippen molar-refractivity contribution in [2.24, 2.45) is 5.92 Å². The second-order valence-electron chi connectivity index (χ2n) is 15.4. The van der Waals surface area contributed by atoms with Gasteiger partial charge in [0.05, 0.1) is 16.6 Å². The highest BCUT2D eigenvalue weighted by atomic mass is 15.0. The number of benzene rings is 7. The van der Waals surface area contributed by atoms with E-state index in [-0.39, 0.29) is 5.41 Å². The first-order chi connectivity index (χ1) is 26.0. The maximum atomic E-state index is 2.55. The van der Waals surface area contributed by atoms with Gasteiger partial charge in [0, 0.05) is 38.8 Å². The predicted octanol–water partition coefficient (Wildman–Crippen LogP) is 13.1. The molecule has 0 spiro atoms. The van der Waals surface area contributed by atoms with Crippen molar-refractivity contribution >= 4 is 44.4 Å². The molecule has 0 radical (unpaired) electrons. The molecule has 2 heterocycles. The summed E-state index contributed by atoms with van der Waals surface area (Å²) in [6.07, 6.45) is 3.53. The number of para-hydroxylation sites is 2. The van der Waals surface area contributed by atoms with Crippen LogP contribution >= 0.6 is 0 Å². The summed E-state index contributed by atoms with van der Waals surface area (Å²) in [5, 5.41) is 3.87. The van der Waals surface area contributed by atoms with Crippen LogP contribution in [0.25, 0.3) is 78.0 Å². The van der Waals surface area contributed by atoms with Crippen LogP contribution in [-0.4, -0.2) is 9.13 Å². The summed E-state index contributed by atoms with van der Waals surface area (Å²) in [4.78, 5) is 0. The van der Waals surface area contributed by atoms with E-state index in [4.69, 9.17) is 0 Å². The summed E-state index contributed by atoms with van der Waals surface area (Å²) >= 11 is 0. The minimum atomic E-state index is 0.0521. The zero-order valence-electron chi connectivity index (χ0n) is 29.9. The van der Waals surface area contributed by atoms with Crippen LogP contribution in [0.2, 0.25) is 0 Å². The lowest BCUT2D eigenvalue weighted by atomic mass is 9.73. The number of nitrogens with zero attached hydrogens (tertiary/aromatic N) is 2. The Morgan fingerprint density at radius 3 is 1.85 bits per heavy atom. The van der Waals surface area contributed by atoms with Crippen LogP contribution in [0.15, 0.2) is 170 Å². The molecule has 2 heteroatoms. The molecule has 9 aromatic rings. The van der Waals surface area contributed by atoms with E-state index in [2.05, 4.69) is 199 Å². The first-order valence-electron chi connectivity index (χ1n) is 18.8. The minimum absolute atomic E-state index is 0.0521. The van der Waals surface area contributed by atoms with Crippen molar-refractivity contribution in [2.45, 2.75) is 25.7 Å². The number of hydrogen-bond acceptors (Lipinski definition) is 0. The molecule has 0 aliphatic heterocycles. The highest BCUT2D eigenvalue weighted by molar-refractivity contribution is 6.09. The zero-order chi connectivity index (χ0) is 35.3. The maximum absolute atomic E-state index is 2.55. The Kier molecular flexibility index (Phi) is 6.46. The van der Waals surface area contributed by atoms with Gasteiger partial charge in [-0.15, -0.1) is 0 Å². The second-order valence-corrected chi connectivity index (χ2v) is 15.4. The summed E-state index contributed by atoms with van der Waals surface area (Å²) in [5.41, 5.74) is 18.2. The Morgan fingerprint density at radius 2 is 1.08 bits per heavy atom. The zero-order valence-corrected chi connectivity index (χ0v) is 29.9. The topological polar surface area (TPSA) is 9.86 Å². The molecule has 7 aromatic carbocycles. The molecule has 252 valence electrons. The molecule has 0 fully saturated rings. The molecule has 53 heavy (non-hydrogen) atoms. The SMILES string of the molecule is CC1(C)c2ccccc2C2=Cc3c(n(-c4cccc(-c5ccccc5)c4)c4ccc(-c5ccc(-n6c7ccccc7c7ccccc76)cc5)cc34)CC21. The Bertz CT molecular complexity index is 2880. The van der Waals surface area contributed by atoms with E-state index in [0.29, 0.717) is 5.92 Å². The van der Waals surface area contributed by atoms with E-state index in [1.807, 2.05) is 0 Å². The van der Waals surface area contributed by atoms with Crippen LogP contribution in [0.3, 0.4) is 0 Å². The van der Waals surface area contributed by atoms with E-state index in [9.17, 15) is 0 Å². The summed E-state index contributed by atoms with van der Waals surface area (Å²) in [7, 11) is 0. The lowest BCUT2D eigenvalue weighted by Crippen LogP contribution is -2.27. The molecule has 0 bridgehead atoms. The average molecular weight is 679 g/mol. The van der Waals surface area contributed by atoms with Crippen molar-refractivity contribution in [1.82, 2.24) is 9.13 Å². The molecule has 0 saturated heterocycles. The van der Waals surface area contributed by atoms with Crippen LogP contribution in [-0.2, 0) is 11.8 Å². The molecule has 0 amide bonds. The van der Waals surface area contributed by atoms with Gasteiger partial charge in [0.15, 0.2) is 0 Å². The minimum Gasteiger partial charge on any atom is -0.313 e. The molecule has 1 unspecified atom stereocenters. The van der Waals surface area contributed by atoms with Gasteiger partial charge in [-0.1, -0.05) is 135 Å². The van der Waals surface area contributed by atoms with Crippen molar-refractivity contribution in [2.75, 3.05) is 0 Å². The van der Waals surface area contributed by atoms with E-state index < -0.39 is 0 Å². The molecular formula is C51H38N2. The van der Waals surface area contributed by atoms with Gasteiger partial charge in [0.1, 0.15) is 0 Å². The molecule has 11 rings (SSSR count). The van der Waals surface area contributed by atoms with Gasteiger partial charge < -0.3 is 9.13 Å². The quantitative estimate of drug-likeness (QED) is 0.175. The lowest BCUT2D eigenvalue weighted by molar-refractivity contribution is 0.405. The summed E-state index contributed by atoms with van der Waals surface area (Å²) in [5.74, 6) is 0.417. The second kappa shape index (κ2) is 11.3. The molecule has 2 aliphatic carbocycles. The van der Waals surface area contributed by atoms with Crippen LogP contribution in [0.5, 0.6) is 0 Å². The number of aromatic nitrogens is 2. The summed E-state index contributed by atoms with van der Waals surface area (Å²) in [6, 6.07) is 62.6. The summed E-state index contributed by atoms with van der Waals surface area (Å²) in [6.45, 7) is 4.87. The number of rotatable bonds is 4. The predicted molar refractivity (Wildman–Crippen MR) is 223 cm³/mol. The van der Waals surface area contributed by atoms with Crippen molar-refractivity contribution in [3.63, 3.8) is 0 Å². The van der Waals surface area contributed by atoms with E-state index in [0.717, 1.165) is 6.42 Å². The Hall–Kier alpha value is -6.38. The van der Waals surface area contributed by atoms with Crippen molar-refractivity contribution < 1.29 is 0 Å². The van der Waals surface area contributed by atoms with Gasteiger partial charge in [-0.25, -0.2) is 0 Å². The monoisotopic (exact) mass is 678 g/mol. The number of hydrogen-bond donors (Lipinski definition) is 0. The lowest BCUT2D eigenvalue weighted by Gasteiger charge is -2.32. The van der Waals surface area contributed by atoms with Gasteiger partial charge in [0.25, 0.3) is 0 Å². The van der Waals surface area contributed by atoms with E-state index in [1.54, 1.807) is 0 Å². The molecular weight excluding hydrogens is 641 g/mol. The first-order valence-corrected chi connectivity index (χ1v) is 18.8. The van der Waals surface area contributed by atoms with Crippen molar-refractivity contribution in [3.8, 4) is 33.6 Å². The Labute approximate surface area is 309 Å². The van der Waals surface area contributed by atoms with Gasteiger partial charge in [0.2, 0.25) is 0 Å². The largest absolute Gasteiger partial charge is 0.313 e. The van der Waals surface area contributed by atoms with Crippen LogP contribution in [0, 0.1) is 5.92 Å². The third kappa shape index (κ3) is 4.45. The molecule has 2 aromatic heterocycles. The van der Waals surface area contributed by atoms with E-state index >= 15 is 0 Å². The molecule has 2 nitrogen and oxygen atoms in total. The first kappa shape index (κ1) is 30.3. The number of fused-ring (bicyclic) bond motifs is 9. The third-order valence-corrected chi connectivity index (χ3v) is 12.2. The Balaban J connectivity index is 1.08. The average Bonchev–Trinajstić information content (AvgIpc) is 3.80. The molecule has 2 aliphatic rings. The highest BCUT2D eigenvalue weighted by Gasteiger charge is 2.45. The molecule has 1 atom stereocenters. The van der Waals surface area contributed by atoms with E-state index in [1.165, 1.54) is 94.3 Å². The van der Waals surface area contributed by atoms with Gasteiger partial charge in [-0.05, 0) is 111 Å². The van der Waals surface area contributed by atoms with Crippen LogP contribution in [0.4, 0.5) is 0 Å². The fourth-order valence-corrected chi connectivity index (χ4v) is 9.62. The smallest absolute Gasteiger partial charge is 0.0541 e. The third-order valence-electron chi connectivity index (χ3n) is 12.2. The number of allylic oxidation sites excluding steroid dienone is 1. The standard InChI is InChI=1S/C51H38N2/c1-51(2)45-20-9-6-17-39(45)42-31-44-43-30-36(34-23-26-37(27-24-34)52-47-21-10-7-18-40(47)41-19-8-11-22-48(41)52)25-28-49(43)53(50(44)32-46(42)51)38-16-12-15-35(29-38)33-13-4-3-5-14-33/h3-31,46H,32H2,1-2H3. The van der Waals surface area contributed by atoms with Gasteiger partial charge >= 0.3 is 0 Å².